The predicted octanol–water partition coefficient (Wildman–Crippen LogP) is 2.09. The summed E-state index contributed by atoms with van der Waals surface area (Å²) in [7, 11) is 1.64. The lowest BCUT2D eigenvalue weighted by Crippen LogP contribution is -2.30. The van der Waals surface area contributed by atoms with Crippen molar-refractivity contribution < 1.29 is 9.53 Å². The number of nitrogens with one attached hydrogen (secondary N) is 3. The third-order valence-corrected chi connectivity index (χ3v) is 2.81. The van der Waals surface area contributed by atoms with Crippen LogP contribution in [0.5, 0.6) is 5.75 Å². The van der Waals surface area contributed by atoms with Gasteiger partial charge in [-0.2, -0.15) is 5.10 Å². The number of ether oxygens (including phenoxy) is 1. The standard InChI is InChI=1S/C14H18N4O2/c1-10-9-13(18-17-10)16-14(19)15-8-7-11-3-5-12(20-2)6-4-11/h3-6,9H,7-8H2,1-2H3,(H3,15,16,17,18,19). The summed E-state index contributed by atoms with van der Waals surface area (Å²) in [6.07, 6.45) is 0.761. The van der Waals surface area contributed by atoms with Crippen molar-refractivity contribution in [1.29, 1.82) is 0 Å². The van der Waals surface area contributed by atoms with Crippen LogP contribution < -0.4 is 15.4 Å². The number of carbonyl (C=O) groups excluding carboxylic acids is 1. The highest BCUT2D eigenvalue weighted by molar-refractivity contribution is 5.88. The molecule has 6 nitrogen and oxygen atoms in total. The van der Waals surface area contributed by atoms with Gasteiger partial charge in [-0.25, -0.2) is 4.79 Å². The van der Waals surface area contributed by atoms with Crippen molar-refractivity contribution in [2.75, 3.05) is 19.0 Å². The maximum absolute atomic E-state index is 11.6. The molecule has 0 fully saturated rings. The molecule has 0 bridgehead atoms. The number of rotatable bonds is 5. The van der Waals surface area contributed by atoms with Crippen molar-refractivity contribution in [2.45, 2.75) is 13.3 Å². The SMILES string of the molecule is COc1ccc(CCNC(=O)Nc2cc(C)[nH]n2)cc1. The first kappa shape index (κ1) is 13.9. The fraction of sp³-hybridized carbons (Fsp3) is 0.286. The summed E-state index contributed by atoms with van der Waals surface area (Å²) < 4.78 is 5.09. The maximum Gasteiger partial charge on any atom is 0.320 e. The zero-order valence-electron chi connectivity index (χ0n) is 11.6. The molecule has 1 aromatic heterocycles. The third-order valence-electron chi connectivity index (χ3n) is 2.81. The molecule has 0 saturated heterocycles. The van der Waals surface area contributed by atoms with Gasteiger partial charge in [0, 0.05) is 18.3 Å². The molecule has 0 atom stereocenters. The van der Waals surface area contributed by atoms with E-state index in [0.717, 1.165) is 23.4 Å². The Morgan fingerprint density at radius 3 is 2.70 bits per heavy atom. The van der Waals surface area contributed by atoms with Gasteiger partial charge in [0.05, 0.1) is 7.11 Å². The molecule has 0 aliphatic heterocycles. The number of carbonyl (C=O) groups is 1. The quantitative estimate of drug-likeness (QED) is 0.781. The van der Waals surface area contributed by atoms with E-state index in [9.17, 15) is 4.79 Å². The lowest BCUT2D eigenvalue weighted by atomic mass is 10.1. The summed E-state index contributed by atoms with van der Waals surface area (Å²) in [5, 5.41) is 12.1. The van der Waals surface area contributed by atoms with Gasteiger partial charge in [0.1, 0.15) is 5.75 Å². The molecule has 0 aliphatic carbocycles. The number of amides is 2. The summed E-state index contributed by atoms with van der Waals surface area (Å²) in [4.78, 5) is 11.6. The van der Waals surface area contributed by atoms with Gasteiger partial charge in [-0.3, -0.25) is 10.4 Å². The molecular weight excluding hydrogens is 256 g/mol. The highest BCUT2D eigenvalue weighted by atomic mass is 16.5. The number of urea groups is 1. The molecule has 0 radical (unpaired) electrons. The number of aryl methyl sites for hydroxylation is 1. The fourth-order valence-electron chi connectivity index (χ4n) is 1.76. The van der Waals surface area contributed by atoms with Crippen molar-refractivity contribution in [2.24, 2.45) is 0 Å². The van der Waals surface area contributed by atoms with Crippen LogP contribution in [0.3, 0.4) is 0 Å². The van der Waals surface area contributed by atoms with E-state index in [-0.39, 0.29) is 6.03 Å². The third kappa shape index (κ3) is 4.01. The number of hydrogen-bond donors (Lipinski definition) is 3. The Balaban J connectivity index is 1.73. The molecular formula is C14H18N4O2. The van der Waals surface area contributed by atoms with Crippen LogP contribution in [0.4, 0.5) is 10.6 Å². The summed E-state index contributed by atoms with van der Waals surface area (Å²) in [6, 6.07) is 9.28. The van der Waals surface area contributed by atoms with E-state index < -0.39 is 0 Å². The minimum atomic E-state index is -0.259. The predicted molar refractivity (Wildman–Crippen MR) is 77.0 cm³/mol. The first-order valence-corrected chi connectivity index (χ1v) is 6.37. The Labute approximate surface area is 117 Å². The van der Waals surface area contributed by atoms with Gasteiger partial charge in [0.2, 0.25) is 0 Å². The molecule has 0 unspecified atom stereocenters. The summed E-state index contributed by atoms with van der Waals surface area (Å²) in [5.74, 6) is 1.35. The molecule has 3 N–H and O–H groups in total. The number of anilines is 1. The Hall–Kier alpha value is -2.50. The Morgan fingerprint density at radius 1 is 1.35 bits per heavy atom. The van der Waals surface area contributed by atoms with E-state index in [1.54, 1.807) is 13.2 Å². The number of hydrogen-bond acceptors (Lipinski definition) is 3. The minimum absolute atomic E-state index is 0.259. The van der Waals surface area contributed by atoms with Crippen LogP contribution in [0.1, 0.15) is 11.3 Å². The zero-order chi connectivity index (χ0) is 14.4. The van der Waals surface area contributed by atoms with Crippen LogP contribution in [0.2, 0.25) is 0 Å². The number of nitrogens with zero attached hydrogens (tertiary/aromatic N) is 1. The van der Waals surface area contributed by atoms with Gasteiger partial charge in [-0.1, -0.05) is 12.1 Å². The Bertz CT molecular complexity index is 563. The smallest absolute Gasteiger partial charge is 0.320 e. The van der Waals surface area contributed by atoms with E-state index in [1.165, 1.54) is 0 Å². The van der Waals surface area contributed by atoms with Crippen LogP contribution in [-0.4, -0.2) is 29.9 Å². The second-order valence-corrected chi connectivity index (χ2v) is 4.42. The van der Waals surface area contributed by atoms with Crippen molar-refractivity contribution in [1.82, 2.24) is 15.5 Å². The Morgan fingerprint density at radius 2 is 2.10 bits per heavy atom. The molecule has 2 aromatic rings. The van der Waals surface area contributed by atoms with Crippen LogP contribution in [0.15, 0.2) is 30.3 Å². The van der Waals surface area contributed by atoms with Gasteiger partial charge in [-0.15, -0.1) is 0 Å². The lowest BCUT2D eigenvalue weighted by molar-refractivity contribution is 0.252. The first-order chi connectivity index (χ1) is 9.67. The lowest BCUT2D eigenvalue weighted by Gasteiger charge is -2.06. The zero-order valence-corrected chi connectivity index (χ0v) is 11.6. The molecule has 6 heteroatoms. The fourth-order valence-corrected chi connectivity index (χ4v) is 1.76. The minimum Gasteiger partial charge on any atom is -0.497 e. The number of aromatic nitrogens is 2. The van der Waals surface area contributed by atoms with Crippen molar-refractivity contribution in [3.05, 3.63) is 41.6 Å². The van der Waals surface area contributed by atoms with Gasteiger partial charge in [0.15, 0.2) is 5.82 Å². The van der Waals surface area contributed by atoms with Crippen molar-refractivity contribution in [3.63, 3.8) is 0 Å². The summed E-state index contributed by atoms with van der Waals surface area (Å²) in [6.45, 7) is 2.43. The monoisotopic (exact) mass is 274 g/mol. The summed E-state index contributed by atoms with van der Waals surface area (Å²) in [5.41, 5.74) is 2.04. The molecule has 0 aliphatic rings. The van der Waals surface area contributed by atoms with Crippen LogP contribution in [0, 0.1) is 6.92 Å². The number of methoxy groups -OCH3 is 1. The molecule has 1 aromatic carbocycles. The molecule has 106 valence electrons. The van der Waals surface area contributed by atoms with Crippen LogP contribution in [-0.2, 0) is 6.42 Å². The second kappa shape index (κ2) is 6.60. The normalized spacial score (nSPS) is 10.1. The van der Waals surface area contributed by atoms with E-state index in [4.69, 9.17) is 4.74 Å². The van der Waals surface area contributed by atoms with E-state index in [0.29, 0.717) is 12.4 Å². The van der Waals surface area contributed by atoms with Gasteiger partial charge < -0.3 is 10.1 Å². The first-order valence-electron chi connectivity index (χ1n) is 6.37. The average Bonchev–Trinajstić information content (AvgIpc) is 2.85. The van der Waals surface area contributed by atoms with E-state index >= 15 is 0 Å². The topological polar surface area (TPSA) is 79.0 Å². The van der Waals surface area contributed by atoms with Gasteiger partial charge in [-0.05, 0) is 31.0 Å². The molecule has 1 heterocycles. The number of aromatic amines is 1. The average molecular weight is 274 g/mol. The van der Waals surface area contributed by atoms with Crippen LogP contribution in [0.25, 0.3) is 0 Å². The molecule has 2 rings (SSSR count). The molecule has 0 spiro atoms. The van der Waals surface area contributed by atoms with Gasteiger partial charge >= 0.3 is 6.03 Å². The number of H-pyrrole nitrogens is 1. The van der Waals surface area contributed by atoms with Crippen LogP contribution >= 0.6 is 0 Å². The highest BCUT2D eigenvalue weighted by Gasteiger charge is 2.03. The van der Waals surface area contributed by atoms with Crippen molar-refractivity contribution >= 4 is 11.8 Å². The summed E-state index contributed by atoms with van der Waals surface area (Å²) >= 11 is 0. The van der Waals surface area contributed by atoms with Gasteiger partial charge in [0.25, 0.3) is 0 Å². The Kier molecular flexibility index (Phi) is 4.60. The second-order valence-electron chi connectivity index (χ2n) is 4.42. The van der Waals surface area contributed by atoms with Crippen molar-refractivity contribution in [3.8, 4) is 5.75 Å². The molecule has 0 saturated carbocycles. The molecule has 20 heavy (non-hydrogen) atoms. The largest absolute Gasteiger partial charge is 0.497 e. The number of benzene rings is 1. The maximum atomic E-state index is 11.6. The van der Waals surface area contributed by atoms with E-state index in [2.05, 4.69) is 20.8 Å². The highest BCUT2D eigenvalue weighted by Crippen LogP contribution is 2.11. The van der Waals surface area contributed by atoms with E-state index in [1.807, 2.05) is 31.2 Å². The molecule has 2 amide bonds.